The summed E-state index contributed by atoms with van der Waals surface area (Å²) in [6, 6.07) is 1.98. The van der Waals surface area contributed by atoms with Crippen LogP contribution in [-0.4, -0.2) is 59.8 Å². The SMILES string of the molecule is CC[C@@H]1CN2c3nc(OC)nc4c(F)c(-c5cc(N)c(F)cc5[C@H](C)C(F)F)nc(c34)O[C@@H](C)[C@@H]2CN1. The fourth-order valence-corrected chi connectivity index (χ4v) is 5.02. The highest BCUT2D eigenvalue weighted by Crippen LogP contribution is 2.44. The van der Waals surface area contributed by atoms with Crippen LogP contribution in [0.4, 0.5) is 29.1 Å². The standard InChI is InChI=1S/C25H28F4N6O2/c1-5-12-9-35-17(8-31-12)11(3)37-24-18-21(33-25(36-4)34-23(18)35)19(27)20(32-24)14-7-16(30)15(26)6-13(14)10(2)22(28)29/h6-7,10-12,17,22,31H,5,8-9,30H2,1-4H3/t10-,11-,12+,17-/m0/s1. The minimum absolute atomic E-state index is 0.0533. The lowest BCUT2D eigenvalue weighted by Crippen LogP contribution is -2.60. The first-order valence-electron chi connectivity index (χ1n) is 12.1. The van der Waals surface area contributed by atoms with Gasteiger partial charge in [0.2, 0.25) is 12.3 Å². The zero-order valence-electron chi connectivity index (χ0n) is 20.9. The quantitative estimate of drug-likeness (QED) is 0.380. The van der Waals surface area contributed by atoms with E-state index < -0.39 is 30.1 Å². The number of benzene rings is 1. The molecule has 0 amide bonds. The number of hydrogen-bond acceptors (Lipinski definition) is 8. The average molecular weight is 521 g/mol. The summed E-state index contributed by atoms with van der Waals surface area (Å²) in [5.74, 6) is -2.72. The van der Waals surface area contributed by atoms with Crippen LogP contribution >= 0.6 is 0 Å². The second kappa shape index (κ2) is 9.47. The molecule has 4 heterocycles. The van der Waals surface area contributed by atoms with E-state index in [1.807, 2.05) is 6.92 Å². The molecular formula is C25H28F4N6O2. The Morgan fingerprint density at radius 1 is 1.24 bits per heavy atom. The van der Waals surface area contributed by atoms with Crippen molar-refractivity contribution in [1.29, 1.82) is 0 Å². The number of rotatable bonds is 5. The van der Waals surface area contributed by atoms with Crippen LogP contribution in [0.3, 0.4) is 0 Å². The second-order valence-corrected chi connectivity index (χ2v) is 9.48. The molecule has 198 valence electrons. The van der Waals surface area contributed by atoms with Crippen LogP contribution in [0.1, 0.15) is 38.7 Å². The van der Waals surface area contributed by atoms with Crippen molar-refractivity contribution in [2.45, 2.75) is 57.7 Å². The van der Waals surface area contributed by atoms with E-state index in [1.165, 1.54) is 14.0 Å². The summed E-state index contributed by atoms with van der Waals surface area (Å²) in [6.45, 7) is 6.36. The summed E-state index contributed by atoms with van der Waals surface area (Å²) in [5.41, 5.74) is 4.79. The van der Waals surface area contributed by atoms with E-state index in [0.29, 0.717) is 18.9 Å². The predicted molar refractivity (Wildman–Crippen MR) is 131 cm³/mol. The number of nitrogens with one attached hydrogen (secondary N) is 1. The van der Waals surface area contributed by atoms with Gasteiger partial charge in [-0.15, -0.1) is 0 Å². The molecule has 0 unspecified atom stereocenters. The second-order valence-electron chi connectivity index (χ2n) is 9.48. The molecule has 0 radical (unpaired) electrons. The van der Waals surface area contributed by atoms with Gasteiger partial charge in [-0.25, -0.2) is 22.5 Å². The van der Waals surface area contributed by atoms with Crippen LogP contribution in [0.5, 0.6) is 11.9 Å². The fourth-order valence-electron chi connectivity index (χ4n) is 5.02. The predicted octanol–water partition coefficient (Wildman–Crippen LogP) is 4.27. The number of halogens is 4. The molecule has 0 spiro atoms. The van der Waals surface area contributed by atoms with Crippen LogP contribution in [0.25, 0.3) is 22.2 Å². The molecule has 0 saturated carbocycles. The molecule has 12 heteroatoms. The molecule has 2 aromatic heterocycles. The number of anilines is 2. The van der Waals surface area contributed by atoms with E-state index in [9.17, 15) is 13.2 Å². The number of nitrogens with zero attached hydrogens (tertiary/aromatic N) is 4. The number of pyridine rings is 1. The number of piperazine rings is 1. The van der Waals surface area contributed by atoms with E-state index in [2.05, 4.69) is 32.1 Å². The molecule has 2 aliphatic heterocycles. The zero-order valence-corrected chi connectivity index (χ0v) is 20.9. The van der Waals surface area contributed by atoms with Gasteiger partial charge >= 0.3 is 6.01 Å². The number of aromatic nitrogens is 3. The smallest absolute Gasteiger partial charge is 0.318 e. The van der Waals surface area contributed by atoms with Crippen molar-refractivity contribution in [2.75, 3.05) is 30.8 Å². The Balaban J connectivity index is 1.81. The van der Waals surface area contributed by atoms with Gasteiger partial charge in [0.1, 0.15) is 34.3 Å². The Labute approximate surface area is 211 Å². The number of hydrogen-bond donors (Lipinski definition) is 2. The first-order valence-corrected chi connectivity index (χ1v) is 12.1. The Bertz CT molecular complexity index is 1360. The minimum Gasteiger partial charge on any atom is -0.472 e. The summed E-state index contributed by atoms with van der Waals surface area (Å²) in [7, 11) is 1.37. The number of fused-ring (bicyclic) bond motifs is 2. The first-order chi connectivity index (χ1) is 17.6. The molecular weight excluding hydrogens is 492 g/mol. The van der Waals surface area contributed by atoms with Gasteiger partial charge < -0.3 is 25.4 Å². The van der Waals surface area contributed by atoms with Crippen molar-refractivity contribution in [3.63, 3.8) is 0 Å². The van der Waals surface area contributed by atoms with E-state index in [4.69, 9.17) is 15.2 Å². The molecule has 0 aliphatic carbocycles. The van der Waals surface area contributed by atoms with Crippen molar-refractivity contribution in [1.82, 2.24) is 20.3 Å². The highest BCUT2D eigenvalue weighted by atomic mass is 19.3. The summed E-state index contributed by atoms with van der Waals surface area (Å²) in [5, 5.41) is 3.75. The van der Waals surface area contributed by atoms with Gasteiger partial charge in [0, 0.05) is 30.6 Å². The third-order valence-corrected chi connectivity index (χ3v) is 7.22. The topological polar surface area (TPSA) is 98.4 Å². The highest BCUT2D eigenvalue weighted by molar-refractivity contribution is 5.97. The Morgan fingerprint density at radius 2 is 2.00 bits per heavy atom. The average Bonchev–Trinajstić information content (AvgIpc) is 3.00. The highest BCUT2D eigenvalue weighted by Gasteiger charge is 2.39. The van der Waals surface area contributed by atoms with Crippen LogP contribution < -0.4 is 25.4 Å². The lowest BCUT2D eigenvalue weighted by Gasteiger charge is -2.41. The Morgan fingerprint density at radius 3 is 2.68 bits per heavy atom. The van der Waals surface area contributed by atoms with Crippen LogP contribution in [0.2, 0.25) is 0 Å². The van der Waals surface area contributed by atoms with E-state index >= 15 is 4.39 Å². The number of nitrogen functional groups attached to an aromatic ring is 1. The van der Waals surface area contributed by atoms with E-state index in [0.717, 1.165) is 18.6 Å². The minimum atomic E-state index is -2.83. The third kappa shape index (κ3) is 4.16. The van der Waals surface area contributed by atoms with Crippen LogP contribution in [0.15, 0.2) is 12.1 Å². The molecule has 3 aromatic rings. The van der Waals surface area contributed by atoms with Crippen molar-refractivity contribution >= 4 is 22.4 Å². The summed E-state index contributed by atoms with van der Waals surface area (Å²) in [6.07, 6.45) is -2.34. The third-order valence-electron chi connectivity index (χ3n) is 7.22. The molecule has 2 aliphatic rings. The van der Waals surface area contributed by atoms with Gasteiger partial charge in [-0.2, -0.15) is 9.97 Å². The normalized spacial score (nSPS) is 22.0. The van der Waals surface area contributed by atoms with E-state index in [1.54, 1.807) is 0 Å². The van der Waals surface area contributed by atoms with Crippen molar-refractivity contribution in [2.24, 2.45) is 0 Å². The summed E-state index contributed by atoms with van der Waals surface area (Å²) < 4.78 is 69.5. The molecule has 4 atom stereocenters. The number of methoxy groups -OCH3 is 1. The number of alkyl halides is 2. The van der Waals surface area contributed by atoms with Crippen molar-refractivity contribution < 1.29 is 27.0 Å². The summed E-state index contributed by atoms with van der Waals surface area (Å²) >= 11 is 0. The molecule has 1 fully saturated rings. The molecule has 1 saturated heterocycles. The Kier molecular flexibility index (Phi) is 6.47. The number of ether oxygens (including phenoxy) is 2. The van der Waals surface area contributed by atoms with Gasteiger partial charge in [-0.05, 0) is 31.0 Å². The fraction of sp³-hybridized carbons (Fsp3) is 0.480. The zero-order chi connectivity index (χ0) is 26.6. The maximum atomic E-state index is 16.2. The van der Waals surface area contributed by atoms with Crippen LogP contribution in [-0.2, 0) is 0 Å². The van der Waals surface area contributed by atoms with Gasteiger partial charge in [0.15, 0.2) is 5.82 Å². The number of nitrogens with two attached hydrogens (primary N) is 1. The lowest BCUT2D eigenvalue weighted by atomic mass is 9.92. The van der Waals surface area contributed by atoms with Crippen LogP contribution in [0, 0.1) is 11.6 Å². The largest absolute Gasteiger partial charge is 0.472 e. The van der Waals surface area contributed by atoms with Crippen molar-refractivity contribution in [3.05, 3.63) is 29.3 Å². The monoisotopic (exact) mass is 520 g/mol. The molecule has 3 N–H and O–H groups in total. The maximum Gasteiger partial charge on any atom is 0.318 e. The molecule has 0 bridgehead atoms. The molecule has 1 aromatic carbocycles. The van der Waals surface area contributed by atoms with Gasteiger partial charge in [0.05, 0.1) is 18.8 Å². The molecule has 8 nitrogen and oxygen atoms in total. The maximum absolute atomic E-state index is 16.2. The van der Waals surface area contributed by atoms with Crippen molar-refractivity contribution in [3.8, 4) is 23.1 Å². The first kappa shape index (κ1) is 25.2. The van der Waals surface area contributed by atoms with Gasteiger partial charge in [-0.1, -0.05) is 13.8 Å². The summed E-state index contributed by atoms with van der Waals surface area (Å²) in [4.78, 5) is 15.3. The van der Waals surface area contributed by atoms with E-state index in [-0.39, 0.29) is 57.4 Å². The van der Waals surface area contributed by atoms with Gasteiger partial charge in [-0.3, -0.25) is 0 Å². The molecule has 37 heavy (non-hydrogen) atoms. The molecule has 5 rings (SSSR count). The van der Waals surface area contributed by atoms with Gasteiger partial charge in [0.25, 0.3) is 0 Å². The lowest BCUT2D eigenvalue weighted by molar-refractivity contribution is 0.121. The Hall–Kier alpha value is -3.41.